The van der Waals surface area contributed by atoms with Gasteiger partial charge < -0.3 is 10.6 Å². The van der Waals surface area contributed by atoms with Gasteiger partial charge in [0, 0.05) is 23.0 Å². The van der Waals surface area contributed by atoms with Crippen molar-refractivity contribution >= 4 is 11.6 Å². The molecule has 1 atom stereocenters. The average Bonchev–Trinajstić information content (AvgIpc) is 2.29. The highest BCUT2D eigenvalue weighted by Gasteiger charge is 2.43. The fraction of sp³-hybridized carbons (Fsp3) is 0.571. The van der Waals surface area contributed by atoms with Crippen LogP contribution < -0.4 is 10.6 Å². The van der Waals surface area contributed by atoms with Gasteiger partial charge in [-0.3, -0.25) is 0 Å². The summed E-state index contributed by atoms with van der Waals surface area (Å²) in [6, 6.07) is 8.65. The van der Waals surface area contributed by atoms with Crippen LogP contribution in [-0.4, -0.2) is 20.6 Å². The van der Waals surface area contributed by atoms with Gasteiger partial charge in [0.15, 0.2) is 0 Å². The number of hydrogen-bond acceptors (Lipinski definition) is 2. The van der Waals surface area contributed by atoms with Crippen molar-refractivity contribution in [1.82, 2.24) is 10.6 Å². The molecule has 2 N–H and O–H groups in total. The van der Waals surface area contributed by atoms with E-state index in [0.717, 1.165) is 11.6 Å². The van der Waals surface area contributed by atoms with E-state index < -0.39 is 0 Å². The molecule has 3 heteroatoms. The molecule has 1 unspecified atom stereocenters. The van der Waals surface area contributed by atoms with Gasteiger partial charge in [-0.1, -0.05) is 30.2 Å². The summed E-state index contributed by atoms with van der Waals surface area (Å²) >= 11 is 5.95. The van der Waals surface area contributed by atoms with Crippen LogP contribution in [0.4, 0.5) is 0 Å². The largest absolute Gasteiger partial charge is 0.319 e. The molecule has 0 amide bonds. The minimum Gasteiger partial charge on any atom is -0.319 e. The Labute approximate surface area is 109 Å². The highest BCUT2D eigenvalue weighted by molar-refractivity contribution is 6.30. The molecule has 1 aromatic rings. The monoisotopic (exact) mass is 252 g/mol. The van der Waals surface area contributed by atoms with Crippen LogP contribution in [0.25, 0.3) is 0 Å². The van der Waals surface area contributed by atoms with E-state index in [0.29, 0.717) is 11.5 Å². The number of rotatable bonds is 5. The SMILES string of the molecule is CNCC1(C(NC)c2ccc(Cl)cc2)CCC1. The maximum Gasteiger partial charge on any atom is 0.0406 e. The van der Waals surface area contributed by atoms with E-state index in [1.165, 1.54) is 24.8 Å². The summed E-state index contributed by atoms with van der Waals surface area (Å²) in [4.78, 5) is 0. The number of halogens is 1. The van der Waals surface area contributed by atoms with E-state index in [2.05, 4.69) is 29.8 Å². The normalized spacial score (nSPS) is 19.7. The third kappa shape index (κ3) is 2.49. The first-order valence-corrected chi connectivity index (χ1v) is 6.67. The molecule has 1 aromatic carbocycles. The number of hydrogen-bond donors (Lipinski definition) is 2. The van der Waals surface area contributed by atoms with E-state index in [-0.39, 0.29) is 0 Å². The van der Waals surface area contributed by atoms with Crippen LogP contribution in [0.15, 0.2) is 24.3 Å². The van der Waals surface area contributed by atoms with Crippen molar-refractivity contribution < 1.29 is 0 Å². The average molecular weight is 253 g/mol. The van der Waals surface area contributed by atoms with Crippen LogP contribution in [0.2, 0.25) is 5.02 Å². The fourth-order valence-corrected chi connectivity index (χ4v) is 3.16. The summed E-state index contributed by atoms with van der Waals surface area (Å²) in [7, 11) is 4.09. The van der Waals surface area contributed by atoms with Gasteiger partial charge in [-0.2, -0.15) is 0 Å². The van der Waals surface area contributed by atoms with Gasteiger partial charge in [0.1, 0.15) is 0 Å². The topological polar surface area (TPSA) is 24.1 Å². The molecule has 0 spiro atoms. The molecule has 2 rings (SSSR count). The van der Waals surface area contributed by atoms with Gasteiger partial charge >= 0.3 is 0 Å². The molecule has 0 aromatic heterocycles. The molecular weight excluding hydrogens is 232 g/mol. The lowest BCUT2D eigenvalue weighted by Gasteiger charge is -2.48. The lowest BCUT2D eigenvalue weighted by Crippen LogP contribution is -2.47. The van der Waals surface area contributed by atoms with Crippen molar-refractivity contribution in [3.63, 3.8) is 0 Å². The highest BCUT2D eigenvalue weighted by atomic mass is 35.5. The molecule has 0 aliphatic heterocycles. The van der Waals surface area contributed by atoms with Gasteiger partial charge in [0.25, 0.3) is 0 Å². The van der Waals surface area contributed by atoms with E-state index >= 15 is 0 Å². The highest BCUT2D eigenvalue weighted by Crippen LogP contribution is 2.49. The Morgan fingerprint density at radius 3 is 2.29 bits per heavy atom. The first-order chi connectivity index (χ1) is 8.22. The lowest BCUT2D eigenvalue weighted by molar-refractivity contribution is 0.0789. The first-order valence-electron chi connectivity index (χ1n) is 6.29. The molecule has 0 saturated heterocycles. The molecule has 0 heterocycles. The molecule has 0 radical (unpaired) electrons. The Balaban J connectivity index is 2.22. The van der Waals surface area contributed by atoms with Crippen LogP contribution >= 0.6 is 11.6 Å². The Kier molecular flexibility index (Phi) is 4.08. The van der Waals surface area contributed by atoms with Gasteiger partial charge in [-0.15, -0.1) is 0 Å². The molecule has 1 fully saturated rings. The van der Waals surface area contributed by atoms with Gasteiger partial charge in [-0.05, 0) is 44.6 Å². The minimum atomic E-state index is 0.372. The number of benzene rings is 1. The predicted molar refractivity (Wildman–Crippen MR) is 73.5 cm³/mol. The van der Waals surface area contributed by atoms with E-state index in [1.807, 2.05) is 19.2 Å². The van der Waals surface area contributed by atoms with Gasteiger partial charge in [0.2, 0.25) is 0 Å². The number of nitrogens with one attached hydrogen (secondary N) is 2. The molecule has 1 aliphatic carbocycles. The second-order valence-corrected chi connectivity index (χ2v) is 5.46. The predicted octanol–water partition coefficient (Wildman–Crippen LogP) is 2.99. The van der Waals surface area contributed by atoms with Crippen LogP contribution in [0.5, 0.6) is 0 Å². The second-order valence-electron chi connectivity index (χ2n) is 5.02. The maximum absolute atomic E-state index is 5.95. The summed E-state index contributed by atoms with van der Waals surface area (Å²) in [5.74, 6) is 0. The second kappa shape index (κ2) is 5.38. The Bertz CT molecular complexity index is 357. The van der Waals surface area contributed by atoms with E-state index in [9.17, 15) is 0 Å². The molecule has 2 nitrogen and oxygen atoms in total. The summed E-state index contributed by atoms with van der Waals surface area (Å²) < 4.78 is 0. The molecule has 94 valence electrons. The Morgan fingerprint density at radius 2 is 1.88 bits per heavy atom. The van der Waals surface area contributed by atoms with Gasteiger partial charge in [-0.25, -0.2) is 0 Å². The zero-order valence-electron chi connectivity index (χ0n) is 10.6. The minimum absolute atomic E-state index is 0.372. The molecular formula is C14H21ClN2. The zero-order valence-corrected chi connectivity index (χ0v) is 11.3. The Hall–Kier alpha value is -0.570. The molecule has 1 aliphatic rings. The van der Waals surface area contributed by atoms with Crippen molar-refractivity contribution in [3.8, 4) is 0 Å². The van der Waals surface area contributed by atoms with Gasteiger partial charge in [0.05, 0.1) is 0 Å². The van der Waals surface area contributed by atoms with E-state index in [4.69, 9.17) is 11.6 Å². The van der Waals surface area contributed by atoms with Crippen molar-refractivity contribution in [2.45, 2.75) is 25.3 Å². The van der Waals surface area contributed by atoms with E-state index in [1.54, 1.807) is 0 Å². The molecule has 0 bridgehead atoms. The Morgan fingerprint density at radius 1 is 1.24 bits per heavy atom. The summed E-state index contributed by atoms with van der Waals surface area (Å²) in [5, 5.41) is 7.63. The third-order valence-corrected chi connectivity index (χ3v) is 4.23. The van der Waals surface area contributed by atoms with Crippen LogP contribution in [0, 0.1) is 5.41 Å². The third-order valence-electron chi connectivity index (χ3n) is 3.98. The summed E-state index contributed by atoms with van der Waals surface area (Å²) in [6.45, 7) is 1.07. The van der Waals surface area contributed by atoms with Crippen molar-refractivity contribution in [3.05, 3.63) is 34.9 Å². The summed E-state index contributed by atoms with van der Waals surface area (Å²) in [5.41, 5.74) is 1.71. The quantitative estimate of drug-likeness (QED) is 0.842. The smallest absolute Gasteiger partial charge is 0.0406 e. The molecule has 1 saturated carbocycles. The van der Waals surface area contributed by atoms with Crippen molar-refractivity contribution in [2.75, 3.05) is 20.6 Å². The van der Waals surface area contributed by atoms with Crippen molar-refractivity contribution in [1.29, 1.82) is 0 Å². The van der Waals surface area contributed by atoms with Crippen LogP contribution in [-0.2, 0) is 0 Å². The van der Waals surface area contributed by atoms with Crippen LogP contribution in [0.1, 0.15) is 30.9 Å². The first kappa shape index (κ1) is 12.9. The standard InChI is InChI=1S/C14H21ClN2/c1-16-10-14(8-3-9-14)13(17-2)11-4-6-12(15)7-5-11/h4-7,13,16-17H,3,8-10H2,1-2H3. The van der Waals surface area contributed by atoms with Crippen LogP contribution in [0.3, 0.4) is 0 Å². The maximum atomic E-state index is 5.95. The zero-order chi connectivity index (χ0) is 12.3. The summed E-state index contributed by atoms with van der Waals surface area (Å²) in [6.07, 6.45) is 3.93. The fourth-order valence-electron chi connectivity index (χ4n) is 3.03. The lowest BCUT2D eigenvalue weighted by atomic mass is 9.62. The van der Waals surface area contributed by atoms with Crippen molar-refractivity contribution in [2.24, 2.45) is 5.41 Å². The molecule has 17 heavy (non-hydrogen) atoms.